The third kappa shape index (κ3) is 11.5. The minimum Gasteiger partial charge on any atom is -0.397 e. The zero-order valence-electron chi connectivity index (χ0n) is 8.84. The van der Waals surface area contributed by atoms with Gasteiger partial charge in [-0.1, -0.05) is 43.1 Å². The maximum atomic E-state index is 7.57. The van der Waals surface area contributed by atoms with E-state index < -0.39 is 0 Å². The van der Waals surface area contributed by atoms with Crippen LogP contribution in [0.1, 0.15) is 26.3 Å². The summed E-state index contributed by atoms with van der Waals surface area (Å²) in [5.74, 6) is 0. The lowest BCUT2D eigenvalue weighted by Gasteiger charge is -1.88. The van der Waals surface area contributed by atoms with Crippen molar-refractivity contribution in [1.29, 1.82) is 0 Å². The molecule has 0 bridgehead atoms. The van der Waals surface area contributed by atoms with Crippen LogP contribution in [0.15, 0.2) is 24.3 Å². The van der Waals surface area contributed by atoms with Crippen molar-refractivity contribution in [2.75, 3.05) is 6.61 Å². The van der Waals surface area contributed by atoms with E-state index in [2.05, 4.69) is 0 Å². The van der Waals surface area contributed by atoms with E-state index >= 15 is 0 Å². The van der Waals surface area contributed by atoms with Gasteiger partial charge in [0.25, 0.3) is 0 Å². The Labute approximate surface area is 86.4 Å². The lowest BCUT2D eigenvalue weighted by Crippen LogP contribution is -1.66. The molecule has 2 heteroatoms. The molecule has 1 aromatic rings. The summed E-state index contributed by atoms with van der Waals surface area (Å²) in [7, 11) is 0. The van der Waals surface area contributed by atoms with Crippen molar-refractivity contribution >= 4 is 11.6 Å². The van der Waals surface area contributed by atoms with E-state index in [1.807, 2.05) is 45.0 Å². The third-order valence-corrected chi connectivity index (χ3v) is 1.26. The smallest absolute Gasteiger partial charge is 0.0406 e. The molecule has 1 rings (SSSR count). The Kier molecular flexibility index (Phi) is 13.2. The van der Waals surface area contributed by atoms with E-state index in [-0.39, 0.29) is 6.61 Å². The van der Waals surface area contributed by atoms with E-state index in [0.717, 1.165) is 5.02 Å². The molecular weight excluding hydrogens is 184 g/mol. The Morgan fingerprint density at radius 2 is 1.46 bits per heavy atom. The van der Waals surface area contributed by atoms with Gasteiger partial charge in [-0.05, 0) is 26.0 Å². The van der Waals surface area contributed by atoms with Crippen molar-refractivity contribution in [1.82, 2.24) is 0 Å². The Hall–Kier alpha value is -0.530. The van der Waals surface area contributed by atoms with Crippen molar-refractivity contribution < 1.29 is 5.11 Å². The van der Waals surface area contributed by atoms with Gasteiger partial charge in [-0.3, -0.25) is 0 Å². The molecule has 13 heavy (non-hydrogen) atoms. The van der Waals surface area contributed by atoms with Crippen molar-refractivity contribution in [2.45, 2.75) is 27.7 Å². The fraction of sp³-hybridized carbons (Fsp3) is 0.455. The molecular formula is C11H19ClO. The molecule has 0 spiro atoms. The average Bonchev–Trinajstić information content (AvgIpc) is 2.15. The van der Waals surface area contributed by atoms with Crippen LogP contribution in [0.4, 0.5) is 0 Å². The number of aliphatic hydroxyl groups is 1. The second-order valence-electron chi connectivity index (χ2n) is 2.11. The topological polar surface area (TPSA) is 20.2 Å². The zero-order chi connectivity index (χ0) is 10.7. The average molecular weight is 203 g/mol. The molecule has 1 N–H and O–H groups in total. The van der Waals surface area contributed by atoms with Crippen LogP contribution in [-0.4, -0.2) is 11.7 Å². The van der Waals surface area contributed by atoms with Crippen LogP contribution in [0.5, 0.6) is 0 Å². The molecule has 0 saturated heterocycles. The molecule has 76 valence electrons. The number of aryl methyl sites for hydroxylation is 1. The highest BCUT2D eigenvalue weighted by atomic mass is 35.5. The van der Waals surface area contributed by atoms with Gasteiger partial charge in [0.15, 0.2) is 0 Å². The molecule has 0 aliphatic carbocycles. The summed E-state index contributed by atoms with van der Waals surface area (Å²) in [6.07, 6.45) is 0. The van der Waals surface area contributed by atoms with Crippen LogP contribution < -0.4 is 0 Å². The van der Waals surface area contributed by atoms with E-state index in [0.29, 0.717) is 0 Å². The Morgan fingerprint density at radius 1 is 1.15 bits per heavy atom. The predicted molar refractivity (Wildman–Crippen MR) is 60.3 cm³/mol. The maximum Gasteiger partial charge on any atom is 0.0406 e. The molecule has 0 radical (unpaired) electrons. The Bertz CT molecular complexity index is 161. The molecule has 0 fully saturated rings. The standard InChI is InChI=1S/C7H7Cl.C2H6O.C2H6/c1-6-2-4-7(8)5-3-6;1-2-3;1-2/h2-5H,1H3;3H,2H2,1H3;1-2H3. The quantitative estimate of drug-likeness (QED) is 0.681. The Balaban J connectivity index is 0. The summed E-state index contributed by atoms with van der Waals surface area (Å²) in [4.78, 5) is 0. The van der Waals surface area contributed by atoms with Crippen molar-refractivity contribution in [3.63, 3.8) is 0 Å². The lowest BCUT2D eigenvalue weighted by atomic mass is 10.2. The monoisotopic (exact) mass is 202 g/mol. The summed E-state index contributed by atoms with van der Waals surface area (Å²) >= 11 is 5.61. The lowest BCUT2D eigenvalue weighted by molar-refractivity contribution is 0.318. The SMILES string of the molecule is CC.CCO.Cc1ccc(Cl)cc1. The van der Waals surface area contributed by atoms with Crippen molar-refractivity contribution in [3.8, 4) is 0 Å². The summed E-state index contributed by atoms with van der Waals surface area (Å²) < 4.78 is 0. The van der Waals surface area contributed by atoms with Gasteiger partial charge in [0.1, 0.15) is 0 Å². The molecule has 0 aliphatic heterocycles. The number of hydrogen-bond donors (Lipinski definition) is 1. The molecule has 1 aromatic carbocycles. The fourth-order valence-corrected chi connectivity index (χ4v) is 0.659. The predicted octanol–water partition coefficient (Wildman–Crippen LogP) is 3.67. The van der Waals surface area contributed by atoms with Gasteiger partial charge in [-0.25, -0.2) is 0 Å². The third-order valence-electron chi connectivity index (χ3n) is 1.01. The number of aliphatic hydroxyl groups excluding tert-OH is 1. The van der Waals surface area contributed by atoms with Gasteiger partial charge < -0.3 is 5.11 Å². The van der Waals surface area contributed by atoms with Crippen molar-refractivity contribution in [2.24, 2.45) is 0 Å². The van der Waals surface area contributed by atoms with E-state index in [9.17, 15) is 0 Å². The number of benzene rings is 1. The second-order valence-corrected chi connectivity index (χ2v) is 2.55. The van der Waals surface area contributed by atoms with Crippen LogP contribution in [0.25, 0.3) is 0 Å². The van der Waals surface area contributed by atoms with E-state index in [4.69, 9.17) is 16.7 Å². The first-order chi connectivity index (χ1) is 6.20. The van der Waals surface area contributed by atoms with Gasteiger partial charge >= 0.3 is 0 Å². The summed E-state index contributed by atoms with van der Waals surface area (Å²) in [5.41, 5.74) is 1.24. The number of halogens is 1. The minimum absolute atomic E-state index is 0.250. The van der Waals surface area contributed by atoms with E-state index in [1.165, 1.54) is 5.56 Å². The highest BCUT2D eigenvalue weighted by molar-refractivity contribution is 6.30. The first-order valence-electron chi connectivity index (χ1n) is 4.53. The van der Waals surface area contributed by atoms with Crippen LogP contribution in [0.2, 0.25) is 5.02 Å². The van der Waals surface area contributed by atoms with Crippen LogP contribution in [-0.2, 0) is 0 Å². The molecule has 1 nitrogen and oxygen atoms in total. The van der Waals surface area contributed by atoms with Crippen LogP contribution in [0.3, 0.4) is 0 Å². The normalized spacial score (nSPS) is 7.54. The highest BCUT2D eigenvalue weighted by Crippen LogP contribution is 2.07. The number of hydrogen-bond acceptors (Lipinski definition) is 1. The van der Waals surface area contributed by atoms with Gasteiger partial charge in [-0.2, -0.15) is 0 Å². The molecule has 0 aliphatic rings. The van der Waals surface area contributed by atoms with Gasteiger partial charge in [0.2, 0.25) is 0 Å². The second kappa shape index (κ2) is 11.5. The summed E-state index contributed by atoms with van der Waals surface area (Å²) in [5, 5.41) is 8.37. The highest BCUT2D eigenvalue weighted by Gasteiger charge is 1.81. The fourth-order valence-electron chi connectivity index (χ4n) is 0.533. The largest absolute Gasteiger partial charge is 0.397 e. The summed E-state index contributed by atoms with van der Waals surface area (Å²) in [6, 6.07) is 7.75. The Morgan fingerprint density at radius 3 is 1.69 bits per heavy atom. The molecule has 0 aromatic heterocycles. The number of rotatable bonds is 0. The van der Waals surface area contributed by atoms with Gasteiger partial charge in [0.05, 0.1) is 0 Å². The van der Waals surface area contributed by atoms with Crippen LogP contribution >= 0.6 is 11.6 Å². The molecule has 0 heterocycles. The maximum absolute atomic E-state index is 7.57. The first-order valence-corrected chi connectivity index (χ1v) is 4.91. The summed E-state index contributed by atoms with van der Waals surface area (Å²) in [6.45, 7) is 7.97. The van der Waals surface area contributed by atoms with Gasteiger partial charge in [-0.15, -0.1) is 0 Å². The minimum atomic E-state index is 0.250. The molecule has 0 atom stereocenters. The molecule has 0 saturated carbocycles. The van der Waals surface area contributed by atoms with Gasteiger partial charge in [0, 0.05) is 11.6 Å². The molecule has 0 unspecified atom stereocenters. The molecule has 0 amide bonds. The van der Waals surface area contributed by atoms with Crippen LogP contribution in [0, 0.1) is 6.92 Å². The van der Waals surface area contributed by atoms with Crippen molar-refractivity contribution in [3.05, 3.63) is 34.9 Å². The zero-order valence-corrected chi connectivity index (χ0v) is 9.60. The first kappa shape index (κ1) is 15.0. The van der Waals surface area contributed by atoms with E-state index in [1.54, 1.807) is 6.92 Å².